The van der Waals surface area contributed by atoms with Crippen molar-refractivity contribution in [2.75, 3.05) is 37.6 Å². The number of aliphatic hydroxyl groups excluding tert-OH is 4. The molecule has 2 saturated carbocycles. The number of aryl methyl sites for hydroxylation is 1. The number of pyridine rings is 1. The molecule has 2 fully saturated rings. The molecule has 0 aromatic carbocycles. The van der Waals surface area contributed by atoms with Crippen molar-refractivity contribution in [3.8, 4) is 10.6 Å². The van der Waals surface area contributed by atoms with Crippen LogP contribution in [0.4, 0.5) is 11.8 Å². The molecular formula is C24H32N6O5S. The molecule has 2 aliphatic carbocycles. The molecule has 5 atom stereocenters. The van der Waals surface area contributed by atoms with Crippen LogP contribution in [0.2, 0.25) is 0 Å². The van der Waals surface area contributed by atoms with Crippen LogP contribution in [0.25, 0.3) is 20.8 Å². The molecule has 0 saturated heterocycles. The summed E-state index contributed by atoms with van der Waals surface area (Å²) in [4.78, 5) is 18.8. The van der Waals surface area contributed by atoms with Gasteiger partial charge in [-0.25, -0.2) is 9.97 Å². The van der Waals surface area contributed by atoms with E-state index in [0.717, 1.165) is 33.8 Å². The van der Waals surface area contributed by atoms with E-state index in [0.29, 0.717) is 35.4 Å². The molecule has 3 heterocycles. The highest BCUT2D eigenvalue weighted by Gasteiger charge is 2.41. The summed E-state index contributed by atoms with van der Waals surface area (Å²) in [6.45, 7) is 1.74. The lowest BCUT2D eigenvalue weighted by Crippen LogP contribution is -2.36. The topological polar surface area (TPSA) is 166 Å². The molecule has 2 aliphatic rings. The average Bonchev–Trinajstić information content (AvgIpc) is 3.56. The Morgan fingerprint density at radius 3 is 2.64 bits per heavy atom. The molecule has 0 spiro atoms. The summed E-state index contributed by atoms with van der Waals surface area (Å²) >= 11 is 1.53. The van der Waals surface area contributed by atoms with E-state index >= 15 is 0 Å². The Balaban J connectivity index is 1.56. The number of aromatic nitrogens is 4. The van der Waals surface area contributed by atoms with Gasteiger partial charge in [-0.05, 0) is 32.3 Å². The van der Waals surface area contributed by atoms with Gasteiger partial charge in [0.25, 0.3) is 0 Å². The van der Waals surface area contributed by atoms with E-state index in [4.69, 9.17) is 9.72 Å². The maximum atomic E-state index is 10.6. The number of aliphatic hydroxyl groups is 4. The van der Waals surface area contributed by atoms with Gasteiger partial charge in [0.2, 0.25) is 5.95 Å². The quantitative estimate of drug-likeness (QED) is 0.230. The van der Waals surface area contributed by atoms with Crippen molar-refractivity contribution < 1.29 is 25.2 Å². The molecule has 0 amide bonds. The number of ether oxygens (including phenoxy) is 1. The van der Waals surface area contributed by atoms with Crippen LogP contribution < -0.4 is 10.6 Å². The van der Waals surface area contributed by atoms with E-state index < -0.39 is 30.2 Å². The maximum Gasteiger partial charge on any atom is 0.225 e. The van der Waals surface area contributed by atoms with Gasteiger partial charge in [-0.3, -0.25) is 4.98 Å². The molecule has 3 aromatic heterocycles. The van der Waals surface area contributed by atoms with Crippen molar-refractivity contribution in [3.05, 3.63) is 23.7 Å². The lowest BCUT2D eigenvalue weighted by molar-refractivity contribution is 0.00446. The number of nitrogens with one attached hydrogen (secondary N) is 2. The van der Waals surface area contributed by atoms with Gasteiger partial charge in [0.1, 0.15) is 22.4 Å². The summed E-state index contributed by atoms with van der Waals surface area (Å²) in [5.41, 5.74) is 3.28. The second-order valence-corrected chi connectivity index (χ2v) is 10.6. The van der Waals surface area contributed by atoms with Crippen LogP contribution in [0.5, 0.6) is 0 Å². The first kappa shape index (κ1) is 25.2. The predicted molar refractivity (Wildman–Crippen MR) is 136 cm³/mol. The van der Waals surface area contributed by atoms with Crippen LogP contribution in [-0.4, -0.2) is 91.6 Å². The Labute approximate surface area is 212 Å². The minimum absolute atomic E-state index is 0.165. The first-order valence-electron chi connectivity index (χ1n) is 12.2. The van der Waals surface area contributed by atoms with E-state index in [-0.39, 0.29) is 19.8 Å². The average molecular weight is 517 g/mol. The van der Waals surface area contributed by atoms with Crippen LogP contribution in [0.1, 0.15) is 36.6 Å². The van der Waals surface area contributed by atoms with Gasteiger partial charge in [-0.2, -0.15) is 4.98 Å². The normalized spacial score (nSPS) is 24.8. The Morgan fingerprint density at radius 1 is 1.17 bits per heavy atom. The summed E-state index contributed by atoms with van der Waals surface area (Å²) in [5.74, 6) is 0.764. The van der Waals surface area contributed by atoms with Crippen molar-refractivity contribution in [1.29, 1.82) is 0 Å². The van der Waals surface area contributed by atoms with Gasteiger partial charge in [-0.1, -0.05) is 0 Å². The van der Waals surface area contributed by atoms with Crippen LogP contribution >= 0.6 is 11.3 Å². The fourth-order valence-electron chi connectivity index (χ4n) is 4.78. The molecule has 5 rings (SSSR count). The van der Waals surface area contributed by atoms with E-state index in [1.807, 2.05) is 19.2 Å². The first-order valence-corrected chi connectivity index (χ1v) is 13.0. The van der Waals surface area contributed by atoms with Crippen LogP contribution in [0.15, 0.2) is 12.3 Å². The van der Waals surface area contributed by atoms with E-state index in [1.165, 1.54) is 11.3 Å². The summed E-state index contributed by atoms with van der Waals surface area (Å²) in [7, 11) is 1.55. The highest BCUT2D eigenvalue weighted by atomic mass is 32.1. The van der Waals surface area contributed by atoms with Gasteiger partial charge in [-0.15, -0.1) is 11.3 Å². The zero-order chi connectivity index (χ0) is 25.4. The second kappa shape index (κ2) is 10.5. The number of nitrogens with zero attached hydrogens (tertiary/aromatic N) is 4. The van der Waals surface area contributed by atoms with Crippen molar-refractivity contribution in [2.45, 2.75) is 56.4 Å². The molecule has 3 aromatic rings. The number of rotatable bonds is 10. The molecule has 12 heteroatoms. The van der Waals surface area contributed by atoms with Gasteiger partial charge in [0.05, 0.1) is 53.1 Å². The number of methoxy groups -OCH3 is 1. The first-order chi connectivity index (χ1) is 17.4. The van der Waals surface area contributed by atoms with E-state index in [9.17, 15) is 20.4 Å². The monoisotopic (exact) mass is 516 g/mol. The standard InChI is InChI=1S/C24H32N6O5S/c1-11-17(23-29-19-16(36-23)5-6-25-18(19)12-3-4-12)22(28-15-7-13(8-31)20(33)21(15)34)30-24(26-11)27-14(9-32)10-35-2/h5-6,12-15,20-21,31-34H,3-4,7-10H2,1-2H3,(H2,26,27,28,30). The SMILES string of the molecule is COCC(CO)Nc1nc(C)c(-c2nc3c(C4CC4)nccc3s2)c(NC2CC(CO)C(O)C2O)n1. The number of hydrogen-bond acceptors (Lipinski definition) is 12. The Kier molecular flexibility index (Phi) is 7.33. The maximum absolute atomic E-state index is 10.6. The lowest BCUT2D eigenvalue weighted by atomic mass is 10.1. The fraction of sp³-hybridized carbons (Fsp3) is 0.583. The molecule has 5 unspecified atom stereocenters. The van der Waals surface area contributed by atoms with Gasteiger partial charge < -0.3 is 35.8 Å². The number of anilines is 2. The van der Waals surface area contributed by atoms with Crippen LogP contribution in [0.3, 0.4) is 0 Å². The Hall–Kier alpha value is -2.48. The molecule has 194 valence electrons. The molecule has 6 N–H and O–H groups in total. The summed E-state index contributed by atoms with van der Waals surface area (Å²) in [6.07, 6.45) is 2.34. The number of hydrogen-bond donors (Lipinski definition) is 6. The van der Waals surface area contributed by atoms with Gasteiger partial charge >= 0.3 is 0 Å². The molecule has 0 radical (unpaired) electrons. The lowest BCUT2D eigenvalue weighted by Gasteiger charge is -2.22. The number of thiazole rings is 1. The molecular weight excluding hydrogens is 484 g/mol. The highest BCUT2D eigenvalue weighted by molar-refractivity contribution is 7.21. The largest absolute Gasteiger partial charge is 0.396 e. The Bertz CT molecular complexity index is 1220. The van der Waals surface area contributed by atoms with Gasteiger partial charge in [0, 0.05) is 31.7 Å². The molecule has 36 heavy (non-hydrogen) atoms. The van der Waals surface area contributed by atoms with Crippen molar-refractivity contribution >= 4 is 33.3 Å². The zero-order valence-electron chi connectivity index (χ0n) is 20.3. The van der Waals surface area contributed by atoms with Crippen LogP contribution in [-0.2, 0) is 4.74 Å². The van der Waals surface area contributed by atoms with Crippen molar-refractivity contribution in [3.63, 3.8) is 0 Å². The minimum Gasteiger partial charge on any atom is -0.396 e. The smallest absolute Gasteiger partial charge is 0.225 e. The predicted octanol–water partition coefficient (Wildman–Crippen LogP) is 1.27. The third-order valence-corrected chi connectivity index (χ3v) is 7.92. The number of fused-ring (bicyclic) bond motifs is 1. The third kappa shape index (κ3) is 4.89. The third-order valence-electron chi connectivity index (χ3n) is 6.88. The summed E-state index contributed by atoms with van der Waals surface area (Å²) in [6, 6.07) is 1.03. The van der Waals surface area contributed by atoms with Crippen LogP contribution in [0, 0.1) is 12.8 Å². The summed E-state index contributed by atoms with van der Waals surface area (Å²) in [5, 5.41) is 47.4. The molecule has 11 nitrogen and oxygen atoms in total. The highest BCUT2D eigenvalue weighted by Crippen LogP contribution is 2.44. The van der Waals surface area contributed by atoms with E-state index in [1.54, 1.807) is 7.11 Å². The van der Waals surface area contributed by atoms with E-state index in [2.05, 4.69) is 25.6 Å². The summed E-state index contributed by atoms with van der Waals surface area (Å²) < 4.78 is 6.19. The van der Waals surface area contributed by atoms with Crippen molar-refractivity contribution in [2.24, 2.45) is 5.92 Å². The minimum atomic E-state index is -1.07. The molecule has 0 aliphatic heterocycles. The Morgan fingerprint density at radius 2 is 1.97 bits per heavy atom. The second-order valence-electron chi connectivity index (χ2n) is 9.58. The zero-order valence-corrected chi connectivity index (χ0v) is 21.1. The van der Waals surface area contributed by atoms with Crippen molar-refractivity contribution in [1.82, 2.24) is 19.9 Å². The van der Waals surface area contributed by atoms with Gasteiger partial charge in [0.15, 0.2) is 0 Å². The fourth-order valence-corrected chi connectivity index (χ4v) is 5.85. The molecule has 0 bridgehead atoms.